The van der Waals surface area contributed by atoms with E-state index in [0.29, 0.717) is 0 Å². The predicted octanol–water partition coefficient (Wildman–Crippen LogP) is 2.14. The Morgan fingerprint density at radius 1 is 1.42 bits per heavy atom. The second-order valence-electron chi connectivity index (χ2n) is 4.82. The van der Waals surface area contributed by atoms with Crippen LogP contribution in [0.4, 0.5) is 4.39 Å². The summed E-state index contributed by atoms with van der Waals surface area (Å²) in [6.07, 6.45) is 1.10. The Morgan fingerprint density at radius 3 is 2.53 bits per heavy atom. The second-order valence-corrected chi connectivity index (χ2v) is 8.32. The van der Waals surface area contributed by atoms with E-state index >= 15 is 0 Å². The number of halogens is 2. The van der Waals surface area contributed by atoms with Crippen LogP contribution in [0.3, 0.4) is 0 Å². The molecule has 1 rings (SSSR count). The molecule has 0 aliphatic carbocycles. The number of hydrogen-bond acceptors (Lipinski definition) is 3. The van der Waals surface area contributed by atoms with Gasteiger partial charge in [-0.15, -0.1) is 0 Å². The first kappa shape index (κ1) is 16.1. The van der Waals surface area contributed by atoms with Crippen LogP contribution in [-0.4, -0.2) is 31.9 Å². The SMILES string of the molecule is CC(C)(CNC(=O)c1cccc(Br)c1F)S(C)(=O)=O. The van der Waals surface area contributed by atoms with Crippen LogP contribution in [0.5, 0.6) is 0 Å². The van der Waals surface area contributed by atoms with Crippen molar-refractivity contribution in [2.24, 2.45) is 0 Å². The van der Waals surface area contributed by atoms with Crippen LogP contribution >= 0.6 is 15.9 Å². The fraction of sp³-hybridized carbons (Fsp3) is 0.417. The normalized spacial score (nSPS) is 12.3. The number of amides is 1. The number of rotatable bonds is 4. The Kier molecular flexibility index (Phi) is 4.73. The first-order valence-corrected chi connectivity index (χ1v) is 8.16. The van der Waals surface area contributed by atoms with E-state index < -0.39 is 26.3 Å². The number of carbonyl (C=O) groups excluding carboxylic acids is 1. The molecule has 1 aromatic rings. The molecular weight excluding hydrogens is 337 g/mol. The summed E-state index contributed by atoms with van der Waals surface area (Å²) in [5.41, 5.74) is -0.126. The molecule has 106 valence electrons. The first-order chi connectivity index (χ1) is 8.56. The first-order valence-electron chi connectivity index (χ1n) is 5.48. The minimum Gasteiger partial charge on any atom is -0.350 e. The lowest BCUT2D eigenvalue weighted by molar-refractivity contribution is 0.0946. The third-order valence-corrected chi connectivity index (χ3v) is 5.64. The molecule has 0 fully saturated rings. The van der Waals surface area contributed by atoms with Crippen LogP contribution in [0, 0.1) is 5.82 Å². The van der Waals surface area contributed by atoms with Gasteiger partial charge in [0.25, 0.3) is 5.91 Å². The van der Waals surface area contributed by atoms with Gasteiger partial charge in [0.1, 0.15) is 5.82 Å². The quantitative estimate of drug-likeness (QED) is 0.903. The van der Waals surface area contributed by atoms with Crippen molar-refractivity contribution >= 4 is 31.7 Å². The van der Waals surface area contributed by atoms with Crippen LogP contribution < -0.4 is 5.32 Å². The summed E-state index contributed by atoms with van der Waals surface area (Å²) in [6, 6.07) is 4.35. The molecule has 0 radical (unpaired) electrons. The van der Waals surface area contributed by atoms with Gasteiger partial charge in [0.15, 0.2) is 9.84 Å². The van der Waals surface area contributed by atoms with Crippen molar-refractivity contribution in [3.63, 3.8) is 0 Å². The standard InChI is InChI=1S/C12H15BrFNO3S/c1-12(2,19(3,17)18)7-15-11(16)8-5-4-6-9(13)10(8)14/h4-6H,7H2,1-3H3,(H,15,16). The molecule has 0 saturated carbocycles. The smallest absolute Gasteiger partial charge is 0.254 e. The number of sulfone groups is 1. The summed E-state index contributed by atoms with van der Waals surface area (Å²) in [5.74, 6) is -1.31. The highest BCUT2D eigenvalue weighted by Crippen LogP contribution is 2.19. The van der Waals surface area contributed by atoms with Crippen LogP contribution in [-0.2, 0) is 9.84 Å². The second kappa shape index (κ2) is 5.58. The molecule has 1 amide bonds. The fourth-order valence-corrected chi connectivity index (χ4v) is 1.90. The molecule has 1 aromatic carbocycles. The lowest BCUT2D eigenvalue weighted by Gasteiger charge is -2.22. The Bertz CT molecular complexity index is 599. The highest BCUT2D eigenvalue weighted by molar-refractivity contribution is 9.10. The summed E-state index contributed by atoms with van der Waals surface area (Å²) >= 11 is 2.99. The van der Waals surface area contributed by atoms with Crippen molar-refractivity contribution in [3.8, 4) is 0 Å². The van der Waals surface area contributed by atoms with Gasteiger partial charge in [-0.25, -0.2) is 12.8 Å². The summed E-state index contributed by atoms with van der Waals surface area (Å²) in [7, 11) is -3.32. The average molecular weight is 352 g/mol. The number of benzene rings is 1. The topological polar surface area (TPSA) is 63.2 Å². The van der Waals surface area contributed by atoms with E-state index in [2.05, 4.69) is 21.2 Å². The predicted molar refractivity (Wildman–Crippen MR) is 75.4 cm³/mol. The Hall–Kier alpha value is -0.950. The van der Waals surface area contributed by atoms with Crippen molar-refractivity contribution in [1.29, 1.82) is 0 Å². The highest BCUT2D eigenvalue weighted by Gasteiger charge is 2.30. The molecule has 0 bridgehead atoms. The zero-order valence-corrected chi connectivity index (χ0v) is 13.2. The van der Waals surface area contributed by atoms with E-state index in [0.717, 1.165) is 6.26 Å². The molecule has 0 atom stereocenters. The third kappa shape index (κ3) is 3.76. The fourth-order valence-electron chi connectivity index (χ4n) is 1.20. The monoisotopic (exact) mass is 351 g/mol. The zero-order valence-electron chi connectivity index (χ0n) is 10.8. The van der Waals surface area contributed by atoms with Crippen LogP contribution in [0.25, 0.3) is 0 Å². The van der Waals surface area contributed by atoms with E-state index in [4.69, 9.17) is 0 Å². The summed E-state index contributed by atoms with van der Waals surface area (Å²) in [4.78, 5) is 11.8. The summed E-state index contributed by atoms with van der Waals surface area (Å²) in [6.45, 7) is 2.91. The maximum atomic E-state index is 13.7. The van der Waals surface area contributed by atoms with Crippen molar-refractivity contribution in [2.45, 2.75) is 18.6 Å². The van der Waals surface area contributed by atoms with E-state index in [-0.39, 0.29) is 16.6 Å². The maximum Gasteiger partial charge on any atom is 0.254 e. The molecule has 7 heteroatoms. The lowest BCUT2D eigenvalue weighted by atomic mass is 10.1. The van der Waals surface area contributed by atoms with E-state index in [1.807, 2.05) is 0 Å². The number of carbonyl (C=O) groups is 1. The molecule has 0 spiro atoms. The molecule has 0 aliphatic heterocycles. The molecule has 19 heavy (non-hydrogen) atoms. The van der Waals surface area contributed by atoms with E-state index in [1.54, 1.807) is 0 Å². The van der Waals surface area contributed by atoms with Crippen LogP contribution in [0.1, 0.15) is 24.2 Å². The van der Waals surface area contributed by atoms with Crippen molar-refractivity contribution < 1.29 is 17.6 Å². The Morgan fingerprint density at radius 2 is 2.00 bits per heavy atom. The minimum absolute atomic E-state index is 0.0867. The summed E-state index contributed by atoms with van der Waals surface area (Å²) < 4.78 is 35.7. The molecule has 4 nitrogen and oxygen atoms in total. The third-order valence-electron chi connectivity index (χ3n) is 2.87. The van der Waals surface area contributed by atoms with Gasteiger partial charge in [-0.1, -0.05) is 6.07 Å². The molecule has 0 saturated heterocycles. The van der Waals surface area contributed by atoms with Gasteiger partial charge in [0, 0.05) is 12.8 Å². The minimum atomic E-state index is -3.32. The summed E-state index contributed by atoms with van der Waals surface area (Å²) in [5, 5.41) is 2.43. The molecule has 0 heterocycles. The zero-order chi connectivity index (χ0) is 14.8. The molecule has 0 aromatic heterocycles. The van der Waals surface area contributed by atoms with E-state index in [9.17, 15) is 17.6 Å². The van der Waals surface area contributed by atoms with Crippen molar-refractivity contribution in [1.82, 2.24) is 5.32 Å². The van der Waals surface area contributed by atoms with Crippen molar-refractivity contribution in [3.05, 3.63) is 34.1 Å². The molecular formula is C12H15BrFNO3S. The van der Waals surface area contributed by atoms with Gasteiger partial charge in [-0.05, 0) is 41.9 Å². The van der Waals surface area contributed by atoms with Gasteiger partial charge in [-0.2, -0.15) is 0 Å². The molecule has 1 N–H and O–H groups in total. The average Bonchev–Trinajstić information content (AvgIpc) is 2.28. The maximum absolute atomic E-state index is 13.7. The largest absolute Gasteiger partial charge is 0.350 e. The van der Waals surface area contributed by atoms with Gasteiger partial charge >= 0.3 is 0 Å². The van der Waals surface area contributed by atoms with Crippen LogP contribution in [0.2, 0.25) is 0 Å². The Labute approximate surface area is 120 Å². The van der Waals surface area contributed by atoms with Gasteiger partial charge in [0.2, 0.25) is 0 Å². The lowest BCUT2D eigenvalue weighted by Crippen LogP contribution is -2.43. The van der Waals surface area contributed by atoms with Crippen LogP contribution in [0.15, 0.2) is 22.7 Å². The van der Waals surface area contributed by atoms with Gasteiger partial charge in [0.05, 0.1) is 14.8 Å². The highest BCUT2D eigenvalue weighted by atomic mass is 79.9. The Balaban J connectivity index is 2.85. The van der Waals surface area contributed by atoms with E-state index in [1.165, 1.54) is 32.0 Å². The van der Waals surface area contributed by atoms with Gasteiger partial charge < -0.3 is 5.32 Å². The molecule has 0 aliphatic rings. The van der Waals surface area contributed by atoms with Crippen molar-refractivity contribution in [2.75, 3.05) is 12.8 Å². The number of hydrogen-bond donors (Lipinski definition) is 1. The molecule has 0 unspecified atom stereocenters. The number of nitrogens with one attached hydrogen (secondary N) is 1. The van der Waals surface area contributed by atoms with Gasteiger partial charge in [-0.3, -0.25) is 4.79 Å².